The molecule has 18 heavy (non-hydrogen) atoms. The lowest BCUT2D eigenvalue weighted by atomic mass is 10.3. The average Bonchev–Trinajstić information content (AvgIpc) is 2.77. The molecule has 0 unspecified atom stereocenters. The maximum atomic E-state index is 11.1. The zero-order valence-corrected chi connectivity index (χ0v) is 11.5. The molecular weight excluding hydrogens is 268 g/mol. The predicted octanol–water partition coefficient (Wildman–Crippen LogP) is 2.73. The van der Waals surface area contributed by atoms with Crippen LogP contribution in [0.5, 0.6) is 0 Å². The Kier molecular flexibility index (Phi) is 3.88. The van der Waals surface area contributed by atoms with Gasteiger partial charge in [0, 0.05) is 17.1 Å². The van der Waals surface area contributed by atoms with Gasteiger partial charge >= 0.3 is 0 Å². The van der Waals surface area contributed by atoms with Crippen LogP contribution in [0.2, 0.25) is 0 Å². The van der Waals surface area contributed by atoms with E-state index in [4.69, 9.17) is 0 Å². The van der Waals surface area contributed by atoms with Crippen molar-refractivity contribution in [2.24, 2.45) is 0 Å². The van der Waals surface area contributed by atoms with Gasteiger partial charge in [-0.2, -0.15) is 0 Å². The Labute approximate surface area is 111 Å². The van der Waals surface area contributed by atoms with Crippen LogP contribution in [0.3, 0.4) is 0 Å². The van der Waals surface area contributed by atoms with Gasteiger partial charge in [0.2, 0.25) is 10.0 Å². The summed E-state index contributed by atoms with van der Waals surface area (Å²) in [5, 5.41) is 5.28. The molecule has 1 aromatic carbocycles. The van der Waals surface area contributed by atoms with E-state index >= 15 is 0 Å². The lowest BCUT2D eigenvalue weighted by Gasteiger charge is -2.08. The van der Waals surface area contributed by atoms with E-state index in [2.05, 4.69) is 16.1 Å². The van der Waals surface area contributed by atoms with Gasteiger partial charge in [-0.1, -0.05) is 12.1 Å². The number of benzene rings is 1. The Bertz CT molecular complexity index is 607. The number of hydrogen-bond donors (Lipinski definition) is 2. The molecule has 0 spiro atoms. The average molecular weight is 282 g/mol. The van der Waals surface area contributed by atoms with E-state index in [9.17, 15) is 8.42 Å². The quantitative estimate of drug-likeness (QED) is 0.886. The highest BCUT2D eigenvalue weighted by Gasteiger charge is 2.02. The molecule has 0 saturated carbocycles. The molecule has 2 aromatic rings. The number of nitrogens with one attached hydrogen (secondary N) is 2. The Morgan fingerprint density at radius 1 is 1.17 bits per heavy atom. The zero-order valence-electron chi connectivity index (χ0n) is 9.88. The second-order valence-corrected chi connectivity index (χ2v) is 6.67. The Morgan fingerprint density at radius 2 is 1.94 bits per heavy atom. The maximum Gasteiger partial charge on any atom is 0.229 e. The van der Waals surface area contributed by atoms with E-state index in [0.29, 0.717) is 5.69 Å². The summed E-state index contributed by atoms with van der Waals surface area (Å²) in [6.07, 6.45) is 1.14. The standard InChI is InChI=1S/C12H14N2O2S2/c1-18(15,16)14-11-5-2-4-10(8-11)13-9-12-6-3-7-17-12/h2-8,13-14H,9H2,1H3. The molecule has 0 atom stereocenters. The molecular formula is C12H14N2O2S2. The lowest BCUT2D eigenvalue weighted by molar-refractivity contribution is 0.607. The van der Waals surface area contributed by atoms with Gasteiger partial charge in [-0.15, -0.1) is 11.3 Å². The number of anilines is 2. The van der Waals surface area contributed by atoms with Gasteiger partial charge in [0.05, 0.1) is 11.9 Å². The first-order valence-electron chi connectivity index (χ1n) is 5.37. The highest BCUT2D eigenvalue weighted by molar-refractivity contribution is 7.92. The third-order valence-electron chi connectivity index (χ3n) is 2.21. The monoisotopic (exact) mass is 282 g/mol. The molecule has 0 aliphatic rings. The Morgan fingerprint density at radius 3 is 2.61 bits per heavy atom. The van der Waals surface area contributed by atoms with Gasteiger partial charge in [0.15, 0.2) is 0 Å². The minimum absolute atomic E-state index is 0.564. The third-order valence-corrected chi connectivity index (χ3v) is 3.70. The number of sulfonamides is 1. The van der Waals surface area contributed by atoms with Crippen LogP contribution >= 0.6 is 11.3 Å². The van der Waals surface area contributed by atoms with Crippen LogP contribution < -0.4 is 10.0 Å². The molecule has 0 aliphatic carbocycles. The normalized spacial score (nSPS) is 11.2. The molecule has 6 heteroatoms. The van der Waals surface area contributed by atoms with Gasteiger partial charge in [0.1, 0.15) is 0 Å². The summed E-state index contributed by atoms with van der Waals surface area (Å²) in [7, 11) is -3.23. The largest absolute Gasteiger partial charge is 0.380 e. The van der Waals surface area contributed by atoms with Gasteiger partial charge in [0.25, 0.3) is 0 Å². The number of hydrogen-bond acceptors (Lipinski definition) is 4. The molecule has 0 saturated heterocycles. The van der Waals surface area contributed by atoms with E-state index in [-0.39, 0.29) is 0 Å². The van der Waals surface area contributed by atoms with Gasteiger partial charge in [-0.3, -0.25) is 4.72 Å². The predicted molar refractivity (Wildman–Crippen MR) is 76.6 cm³/mol. The number of thiophene rings is 1. The first-order valence-corrected chi connectivity index (χ1v) is 8.14. The van der Waals surface area contributed by atoms with Crippen molar-refractivity contribution in [1.29, 1.82) is 0 Å². The molecule has 2 N–H and O–H groups in total. The fourth-order valence-corrected chi connectivity index (χ4v) is 2.71. The van der Waals surface area contributed by atoms with Crippen molar-refractivity contribution in [3.05, 3.63) is 46.7 Å². The molecule has 0 bridgehead atoms. The van der Waals surface area contributed by atoms with Crippen LogP contribution in [0.4, 0.5) is 11.4 Å². The summed E-state index contributed by atoms with van der Waals surface area (Å²) in [6.45, 7) is 0.736. The lowest BCUT2D eigenvalue weighted by Crippen LogP contribution is -2.09. The highest BCUT2D eigenvalue weighted by Crippen LogP contribution is 2.18. The topological polar surface area (TPSA) is 58.2 Å². The first-order chi connectivity index (χ1) is 8.53. The van der Waals surface area contributed by atoms with Crippen molar-refractivity contribution >= 4 is 32.7 Å². The fourth-order valence-electron chi connectivity index (χ4n) is 1.51. The molecule has 0 amide bonds. The molecule has 0 aliphatic heterocycles. The van der Waals surface area contributed by atoms with Crippen molar-refractivity contribution in [1.82, 2.24) is 0 Å². The maximum absolute atomic E-state index is 11.1. The van der Waals surface area contributed by atoms with Crippen molar-refractivity contribution in [2.75, 3.05) is 16.3 Å². The van der Waals surface area contributed by atoms with E-state index < -0.39 is 10.0 Å². The van der Waals surface area contributed by atoms with E-state index in [1.165, 1.54) is 4.88 Å². The van der Waals surface area contributed by atoms with E-state index in [1.807, 2.05) is 23.6 Å². The van der Waals surface area contributed by atoms with Gasteiger partial charge in [-0.05, 0) is 29.6 Å². The third kappa shape index (κ3) is 4.05. The Balaban J connectivity index is 2.03. The minimum Gasteiger partial charge on any atom is -0.380 e. The van der Waals surface area contributed by atoms with Crippen LogP contribution in [0.1, 0.15) is 4.88 Å². The SMILES string of the molecule is CS(=O)(=O)Nc1cccc(NCc2cccs2)c1. The van der Waals surface area contributed by atoms with E-state index in [1.54, 1.807) is 23.5 Å². The van der Waals surface area contributed by atoms with Gasteiger partial charge in [-0.25, -0.2) is 8.42 Å². The molecule has 1 aromatic heterocycles. The number of rotatable bonds is 5. The Hall–Kier alpha value is -1.53. The van der Waals surface area contributed by atoms with Crippen molar-refractivity contribution in [3.63, 3.8) is 0 Å². The molecule has 2 rings (SSSR count). The zero-order chi connectivity index (χ0) is 13.0. The molecule has 1 heterocycles. The van der Waals surface area contributed by atoms with Crippen LogP contribution in [0.25, 0.3) is 0 Å². The summed E-state index contributed by atoms with van der Waals surface area (Å²) in [6, 6.07) is 11.3. The molecule has 96 valence electrons. The van der Waals surface area contributed by atoms with Crippen molar-refractivity contribution < 1.29 is 8.42 Å². The molecule has 0 fully saturated rings. The second kappa shape index (κ2) is 5.41. The smallest absolute Gasteiger partial charge is 0.229 e. The molecule has 4 nitrogen and oxygen atoms in total. The van der Waals surface area contributed by atoms with Crippen LogP contribution in [-0.2, 0) is 16.6 Å². The summed E-state index contributed by atoms with van der Waals surface area (Å²) in [4.78, 5) is 1.23. The fraction of sp³-hybridized carbons (Fsp3) is 0.167. The van der Waals surface area contributed by atoms with Crippen LogP contribution in [0.15, 0.2) is 41.8 Å². The van der Waals surface area contributed by atoms with Gasteiger partial charge < -0.3 is 5.32 Å². The summed E-state index contributed by atoms with van der Waals surface area (Å²) < 4.78 is 24.7. The van der Waals surface area contributed by atoms with Crippen LogP contribution in [0, 0.1) is 0 Å². The van der Waals surface area contributed by atoms with Crippen molar-refractivity contribution in [3.8, 4) is 0 Å². The first kappa shape index (κ1) is 12.9. The van der Waals surface area contributed by atoms with Crippen LogP contribution in [-0.4, -0.2) is 14.7 Å². The second-order valence-electron chi connectivity index (χ2n) is 3.89. The molecule has 0 radical (unpaired) electrons. The minimum atomic E-state index is -3.23. The highest BCUT2D eigenvalue weighted by atomic mass is 32.2. The summed E-state index contributed by atoms with van der Waals surface area (Å²) >= 11 is 1.68. The summed E-state index contributed by atoms with van der Waals surface area (Å²) in [5.74, 6) is 0. The van der Waals surface area contributed by atoms with Crippen molar-refractivity contribution in [2.45, 2.75) is 6.54 Å². The van der Waals surface area contributed by atoms with E-state index in [0.717, 1.165) is 18.5 Å². The summed E-state index contributed by atoms with van der Waals surface area (Å²) in [5.41, 5.74) is 1.45.